The van der Waals surface area contributed by atoms with E-state index in [2.05, 4.69) is 43.9 Å². The summed E-state index contributed by atoms with van der Waals surface area (Å²) in [4.78, 5) is 2.60. The average Bonchev–Trinajstić information content (AvgIpc) is 2.44. The van der Waals surface area contributed by atoms with Gasteiger partial charge in [-0.25, -0.2) is 0 Å². The Labute approximate surface area is 124 Å². The summed E-state index contributed by atoms with van der Waals surface area (Å²) in [5.41, 5.74) is 10.2. The molecule has 1 aliphatic heterocycles. The molecule has 1 aromatic carbocycles. The Balaban J connectivity index is 2.05. The van der Waals surface area contributed by atoms with Gasteiger partial charge in [-0.3, -0.25) is 4.90 Å². The highest BCUT2D eigenvalue weighted by molar-refractivity contribution is 5.33. The first-order valence-corrected chi connectivity index (χ1v) is 8.17. The van der Waals surface area contributed by atoms with E-state index in [1.807, 2.05) is 0 Å². The number of nitrogens with two attached hydrogens (primary N) is 1. The summed E-state index contributed by atoms with van der Waals surface area (Å²) in [5, 5.41) is 0. The lowest BCUT2D eigenvalue weighted by Crippen LogP contribution is -2.40. The minimum Gasteiger partial charge on any atom is -0.329 e. The van der Waals surface area contributed by atoms with Crippen LogP contribution in [0.5, 0.6) is 0 Å². The number of likely N-dealkylation sites (tertiary alicyclic amines) is 1. The van der Waals surface area contributed by atoms with Crippen molar-refractivity contribution in [2.24, 2.45) is 11.7 Å². The second kappa shape index (κ2) is 7.24. The summed E-state index contributed by atoms with van der Waals surface area (Å²) < 4.78 is 0. The van der Waals surface area contributed by atoms with Crippen LogP contribution in [0.2, 0.25) is 0 Å². The van der Waals surface area contributed by atoms with Crippen molar-refractivity contribution in [3.05, 3.63) is 34.9 Å². The standard InChI is InChI=1S/C18H30N2/c1-4-5-16-8-10-20(11-9-16)18(13-19)17-7-6-14(2)12-15(17)3/h6-7,12,16,18H,4-5,8-11,13,19H2,1-3H3. The first-order chi connectivity index (χ1) is 9.65. The first kappa shape index (κ1) is 15.5. The smallest absolute Gasteiger partial charge is 0.0473 e. The zero-order valence-electron chi connectivity index (χ0n) is 13.4. The molecule has 2 N–H and O–H groups in total. The molecule has 1 atom stereocenters. The SMILES string of the molecule is CCCC1CCN(C(CN)c2ccc(C)cc2C)CC1. The lowest BCUT2D eigenvalue weighted by molar-refractivity contribution is 0.131. The van der Waals surface area contributed by atoms with Crippen LogP contribution >= 0.6 is 0 Å². The molecular weight excluding hydrogens is 244 g/mol. The Morgan fingerprint density at radius 1 is 1.25 bits per heavy atom. The Kier molecular flexibility index (Phi) is 5.62. The van der Waals surface area contributed by atoms with Crippen LogP contribution in [0.1, 0.15) is 55.3 Å². The number of piperidine rings is 1. The Morgan fingerprint density at radius 3 is 2.50 bits per heavy atom. The fourth-order valence-electron chi connectivity index (χ4n) is 3.63. The quantitative estimate of drug-likeness (QED) is 0.884. The molecule has 0 bridgehead atoms. The molecule has 2 nitrogen and oxygen atoms in total. The van der Waals surface area contributed by atoms with Crippen molar-refractivity contribution >= 4 is 0 Å². The fourth-order valence-corrected chi connectivity index (χ4v) is 3.63. The molecule has 2 rings (SSSR count). The van der Waals surface area contributed by atoms with Crippen LogP contribution in [0.25, 0.3) is 0 Å². The van der Waals surface area contributed by atoms with E-state index in [1.165, 1.54) is 55.5 Å². The molecule has 0 aromatic heterocycles. The number of benzene rings is 1. The van der Waals surface area contributed by atoms with Gasteiger partial charge in [0.25, 0.3) is 0 Å². The molecule has 1 fully saturated rings. The second-order valence-electron chi connectivity index (χ2n) is 6.38. The van der Waals surface area contributed by atoms with Gasteiger partial charge in [-0.2, -0.15) is 0 Å². The minimum absolute atomic E-state index is 0.401. The van der Waals surface area contributed by atoms with Crippen molar-refractivity contribution in [3.8, 4) is 0 Å². The van der Waals surface area contributed by atoms with Gasteiger partial charge in [0.2, 0.25) is 0 Å². The van der Waals surface area contributed by atoms with Crippen LogP contribution in [0.15, 0.2) is 18.2 Å². The van der Waals surface area contributed by atoms with Crippen molar-refractivity contribution in [1.29, 1.82) is 0 Å². The number of aryl methyl sites for hydroxylation is 2. The summed E-state index contributed by atoms with van der Waals surface area (Å²) in [7, 11) is 0. The van der Waals surface area contributed by atoms with E-state index < -0.39 is 0 Å². The minimum atomic E-state index is 0.401. The van der Waals surface area contributed by atoms with E-state index >= 15 is 0 Å². The topological polar surface area (TPSA) is 29.3 Å². The number of hydrogen-bond donors (Lipinski definition) is 1. The van der Waals surface area contributed by atoms with Gasteiger partial charge in [-0.15, -0.1) is 0 Å². The summed E-state index contributed by atoms with van der Waals surface area (Å²) in [5.74, 6) is 0.939. The number of rotatable bonds is 5. The van der Waals surface area contributed by atoms with E-state index in [4.69, 9.17) is 5.73 Å². The van der Waals surface area contributed by atoms with Crippen molar-refractivity contribution in [1.82, 2.24) is 4.90 Å². The van der Waals surface area contributed by atoms with Crippen molar-refractivity contribution in [2.45, 2.75) is 52.5 Å². The molecule has 0 amide bonds. The largest absolute Gasteiger partial charge is 0.329 e. The predicted molar refractivity (Wildman–Crippen MR) is 86.9 cm³/mol. The van der Waals surface area contributed by atoms with E-state index in [0.29, 0.717) is 6.04 Å². The molecule has 1 unspecified atom stereocenters. The van der Waals surface area contributed by atoms with Gasteiger partial charge in [0.05, 0.1) is 0 Å². The zero-order valence-corrected chi connectivity index (χ0v) is 13.4. The van der Waals surface area contributed by atoms with Crippen molar-refractivity contribution in [2.75, 3.05) is 19.6 Å². The van der Waals surface area contributed by atoms with Crippen LogP contribution in [-0.2, 0) is 0 Å². The van der Waals surface area contributed by atoms with Crippen LogP contribution in [0, 0.1) is 19.8 Å². The third-order valence-corrected chi connectivity index (χ3v) is 4.79. The lowest BCUT2D eigenvalue weighted by Gasteiger charge is -2.38. The van der Waals surface area contributed by atoms with Crippen LogP contribution in [0.3, 0.4) is 0 Å². The predicted octanol–water partition coefficient (Wildman–Crippen LogP) is 3.82. The van der Waals surface area contributed by atoms with E-state index in [1.54, 1.807) is 0 Å². The van der Waals surface area contributed by atoms with Crippen LogP contribution < -0.4 is 5.73 Å². The van der Waals surface area contributed by atoms with E-state index in [-0.39, 0.29) is 0 Å². The van der Waals surface area contributed by atoms with Crippen LogP contribution in [0.4, 0.5) is 0 Å². The maximum atomic E-state index is 6.09. The third-order valence-electron chi connectivity index (χ3n) is 4.79. The molecule has 1 saturated heterocycles. The monoisotopic (exact) mass is 274 g/mol. The van der Waals surface area contributed by atoms with Gasteiger partial charge in [0, 0.05) is 12.6 Å². The molecule has 0 radical (unpaired) electrons. The van der Waals surface area contributed by atoms with Gasteiger partial charge in [-0.1, -0.05) is 43.5 Å². The molecule has 0 spiro atoms. The number of nitrogens with zero attached hydrogens (tertiary/aromatic N) is 1. The summed E-state index contributed by atoms with van der Waals surface area (Å²) in [6.45, 7) is 9.81. The Hall–Kier alpha value is -0.860. The molecule has 1 heterocycles. The Morgan fingerprint density at radius 2 is 1.95 bits per heavy atom. The molecular formula is C18H30N2. The first-order valence-electron chi connectivity index (χ1n) is 8.17. The highest BCUT2D eigenvalue weighted by atomic mass is 15.2. The molecule has 20 heavy (non-hydrogen) atoms. The summed E-state index contributed by atoms with van der Waals surface area (Å²) in [6, 6.07) is 7.18. The maximum Gasteiger partial charge on any atom is 0.0473 e. The molecule has 1 aromatic rings. The third kappa shape index (κ3) is 3.62. The normalized spacial score (nSPS) is 19.2. The van der Waals surface area contributed by atoms with Crippen molar-refractivity contribution in [3.63, 3.8) is 0 Å². The molecule has 2 heteroatoms. The molecule has 0 aliphatic carbocycles. The van der Waals surface area contributed by atoms with Gasteiger partial charge in [0.15, 0.2) is 0 Å². The number of hydrogen-bond acceptors (Lipinski definition) is 2. The summed E-state index contributed by atoms with van der Waals surface area (Å²) >= 11 is 0. The highest BCUT2D eigenvalue weighted by Crippen LogP contribution is 2.30. The molecule has 112 valence electrons. The zero-order chi connectivity index (χ0) is 14.5. The van der Waals surface area contributed by atoms with Crippen LogP contribution in [-0.4, -0.2) is 24.5 Å². The molecule has 1 aliphatic rings. The van der Waals surface area contributed by atoms with E-state index in [0.717, 1.165) is 12.5 Å². The second-order valence-corrected chi connectivity index (χ2v) is 6.38. The molecule has 0 saturated carbocycles. The van der Waals surface area contributed by atoms with Gasteiger partial charge < -0.3 is 5.73 Å². The van der Waals surface area contributed by atoms with Gasteiger partial charge in [0.1, 0.15) is 0 Å². The maximum absolute atomic E-state index is 6.09. The average molecular weight is 274 g/mol. The van der Waals surface area contributed by atoms with E-state index in [9.17, 15) is 0 Å². The Bertz CT molecular complexity index is 419. The van der Waals surface area contributed by atoms with Gasteiger partial charge >= 0.3 is 0 Å². The van der Waals surface area contributed by atoms with Gasteiger partial charge in [-0.05, 0) is 56.8 Å². The lowest BCUT2D eigenvalue weighted by atomic mass is 9.90. The van der Waals surface area contributed by atoms with Crippen molar-refractivity contribution < 1.29 is 0 Å². The fraction of sp³-hybridized carbons (Fsp3) is 0.667. The summed E-state index contributed by atoms with van der Waals surface area (Å²) in [6.07, 6.45) is 5.40. The highest BCUT2D eigenvalue weighted by Gasteiger charge is 2.25.